The highest BCUT2D eigenvalue weighted by Gasteiger charge is 2.15. The van der Waals surface area contributed by atoms with Crippen LogP contribution in [0, 0.1) is 6.92 Å². The van der Waals surface area contributed by atoms with Crippen LogP contribution < -0.4 is 0 Å². The lowest BCUT2D eigenvalue weighted by Crippen LogP contribution is -2.02. The van der Waals surface area contributed by atoms with Crippen LogP contribution in [0.2, 0.25) is 0 Å². The van der Waals surface area contributed by atoms with Crippen molar-refractivity contribution in [1.82, 2.24) is 4.57 Å². The molecule has 264 valence electrons. The first-order valence-electron chi connectivity index (χ1n) is 19.2. The molecule has 0 saturated heterocycles. The van der Waals surface area contributed by atoms with Crippen LogP contribution in [0.1, 0.15) is 73.4 Å². The lowest BCUT2D eigenvalue weighted by atomic mass is 9.90. The first kappa shape index (κ1) is 34.8. The molecule has 0 N–H and O–H groups in total. The van der Waals surface area contributed by atoms with Crippen molar-refractivity contribution in [2.45, 2.75) is 47.0 Å². The molecule has 0 spiro atoms. The summed E-state index contributed by atoms with van der Waals surface area (Å²) in [5, 5.41) is 2.53. The normalized spacial score (nSPS) is 14.2. The Bertz CT molecular complexity index is 2570. The van der Waals surface area contributed by atoms with E-state index >= 15 is 0 Å². The predicted molar refractivity (Wildman–Crippen MR) is 233 cm³/mol. The van der Waals surface area contributed by atoms with E-state index in [2.05, 4.69) is 202 Å². The molecule has 0 fully saturated rings. The summed E-state index contributed by atoms with van der Waals surface area (Å²) in [5.41, 5.74) is 17.8. The largest absolute Gasteiger partial charge is 0.309 e. The molecule has 1 aliphatic carbocycles. The van der Waals surface area contributed by atoms with Crippen LogP contribution in [0.5, 0.6) is 0 Å². The Morgan fingerprint density at radius 2 is 1.28 bits per heavy atom. The first-order valence-corrected chi connectivity index (χ1v) is 19.2. The molecule has 2 heteroatoms. The van der Waals surface area contributed by atoms with Gasteiger partial charge in [0.05, 0.1) is 22.4 Å². The van der Waals surface area contributed by atoms with Crippen LogP contribution in [0.15, 0.2) is 180 Å². The van der Waals surface area contributed by atoms with E-state index in [-0.39, 0.29) is 0 Å². The lowest BCUT2D eigenvalue weighted by molar-refractivity contribution is 1.06. The highest BCUT2D eigenvalue weighted by molar-refractivity contribution is 6.14. The van der Waals surface area contributed by atoms with Crippen LogP contribution in [-0.4, -0.2) is 10.3 Å². The molecule has 6 aromatic carbocycles. The second kappa shape index (κ2) is 15.4. The highest BCUT2D eigenvalue weighted by Crippen LogP contribution is 2.34. The number of allylic oxidation sites excluding steroid dienone is 7. The van der Waals surface area contributed by atoms with Gasteiger partial charge in [-0.3, -0.25) is 0 Å². The van der Waals surface area contributed by atoms with Crippen molar-refractivity contribution in [3.05, 3.63) is 209 Å². The van der Waals surface area contributed by atoms with Gasteiger partial charge in [-0.1, -0.05) is 146 Å². The summed E-state index contributed by atoms with van der Waals surface area (Å²) >= 11 is 0. The van der Waals surface area contributed by atoms with Gasteiger partial charge in [0.25, 0.3) is 0 Å². The van der Waals surface area contributed by atoms with Gasteiger partial charge < -0.3 is 4.57 Å². The van der Waals surface area contributed by atoms with Crippen molar-refractivity contribution in [2.75, 3.05) is 0 Å². The number of para-hydroxylation sites is 2. The molecule has 2 nitrogen and oxygen atoms in total. The molecule has 0 unspecified atom stereocenters. The third kappa shape index (κ3) is 7.08. The molecular weight excluding hydrogens is 653 g/mol. The Labute approximate surface area is 319 Å². The molecule has 1 aromatic heterocycles. The van der Waals surface area contributed by atoms with Gasteiger partial charge in [-0.25, -0.2) is 4.99 Å². The van der Waals surface area contributed by atoms with Crippen molar-refractivity contribution in [3.8, 4) is 5.69 Å². The second-order valence-corrected chi connectivity index (χ2v) is 14.4. The number of benzene rings is 6. The average molecular weight is 699 g/mol. The quantitative estimate of drug-likeness (QED) is 0.134. The summed E-state index contributed by atoms with van der Waals surface area (Å²) in [4.78, 5) is 5.51. The molecule has 8 rings (SSSR count). The van der Waals surface area contributed by atoms with Gasteiger partial charge in [-0.15, -0.1) is 0 Å². The molecule has 1 aliphatic rings. The Balaban J connectivity index is 1.23. The van der Waals surface area contributed by atoms with Crippen molar-refractivity contribution in [2.24, 2.45) is 4.99 Å². The minimum atomic E-state index is 0.924. The zero-order valence-electron chi connectivity index (χ0n) is 31.7. The molecule has 7 aromatic rings. The van der Waals surface area contributed by atoms with Crippen molar-refractivity contribution in [1.29, 1.82) is 0 Å². The SMILES string of the molecule is CC/C(C)=C(/N=C(/C=C(\C)c1cc(C)cc(-n2c3ccccc3c3ccccc32)c1)c1ccc(C2=CCCC(c3ccccc3)=C2)cc1)c1ccccc1. The monoisotopic (exact) mass is 698 g/mol. The summed E-state index contributed by atoms with van der Waals surface area (Å²) in [5.74, 6) is 0. The minimum absolute atomic E-state index is 0.924. The fourth-order valence-corrected chi connectivity index (χ4v) is 7.70. The average Bonchev–Trinajstić information content (AvgIpc) is 3.57. The summed E-state index contributed by atoms with van der Waals surface area (Å²) in [6.45, 7) is 8.82. The third-order valence-electron chi connectivity index (χ3n) is 10.7. The zero-order valence-corrected chi connectivity index (χ0v) is 31.7. The Morgan fingerprint density at radius 3 is 1.94 bits per heavy atom. The molecule has 54 heavy (non-hydrogen) atoms. The lowest BCUT2D eigenvalue weighted by Gasteiger charge is -2.16. The number of aromatic nitrogens is 1. The molecule has 0 bridgehead atoms. The number of aliphatic imine (C=N–C) groups is 1. The van der Waals surface area contributed by atoms with Crippen LogP contribution in [0.3, 0.4) is 0 Å². The van der Waals surface area contributed by atoms with Crippen molar-refractivity contribution >= 4 is 49.9 Å². The predicted octanol–water partition coefficient (Wildman–Crippen LogP) is 14.1. The summed E-state index contributed by atoms with van der Waals surface area (Å²) < 4.78 is 2.40. The first-order chi connectivity index (χ1) is 26.5. The molecule has 0 amide bonds. The van der Waals surface area contributed by atoms with Crippen molar-refractivity contribution < 1.29 is 0 Å². The van der Waals surface area contributed by atoms with Crippen LogP contribution >= 0.6 is 0 Å². The van der Waals surface area contributed by atoms with E-state index in [1.54, 1.807) is 0 Å². The number of rotatable bonds is 9. The summed E-state index contributed by atoms with van der Waals surface area (Å²) in [6, 6.07) is 54.7. The van der Waals surface area contributed by atoms with Crippen LogP contribution in [-0.2, 0) is 0 Å². The Kier molecular flexibility index (Phi) is 9.92. The molecule has 0 atom stereocenters. The molecule has 0 aliphatic heterocycles. The van der Waals surface area contributed by atoms with Gasteiger partial charge in [-0.2, -0.15) is 0 Å². The standard InChI is InChI=1S/C52H46N2/c1-5-37(3)52(42-19-10-7-11-20-42)53-49(41-29-27-40(28-30-41)44-22-16-21-43(34-44)39-17-8-6-9-18-39)33-38(4)45-31-36(2)32-46(35-45)54-50-25-14-12-23-47(50)48-24-13-15-26-51(48)54/h6-15,17-20,22-35H,5,16,21H2,1-4H3/b38-33+,52-37+,53-49-. The molecular formula is C52H46N2. The van der Waals surface area contributed by atoms with E-state index in [0.717, 1.165) is 53.1 Å². The number of nitrogens with zero attached hydrogens (tertiary/aromatic N) is 2. The highest BCUT2D eigenvalue weighted by atomic mass is 15.0. The van der Waals surface area contributed by atoms with Crippen LogP contribution in [0.4, 0.5) is 0 Å². The van der Waals surface area contributed by atoms with E-state index in [4.69, 9.17) is 4.99 Å². The maximum atomic E-state index is 5.51. The van der Waals surface area contributed by atoms with E-state index in [0.29, 0.717) is 0 Å². The number of hydrogen-bond donors (Lipinski definition) is 0. The van der Waals surface area contributed by atoms with E-state index in [1.165, 1.54) is 60.8 Å². The summed E-state index contributed by atoms with van der Waals surface area (Å²) in [7, 11) is 0. The number of aryl methyl sites for hydroxylation is 1. The molecule has 0 radical (unpaired) electrons. The van der Waals surface area contributed by atoms with Gasteiger partial charge in [0.15, 0.2) is 0 Å². The third-order valence-corrected chi connectivity index (χ3v) is 10.7. The second-order valence-electron chi connectivity index (χ2n) is 14.4. The Hall–Kier alpha value is -6.25. The van der Waals surface area contributed by atoms with Crippen molar-refractivity contribution in [3.63, 3.8) is 0 Å². The van der Waals surface area contributed by atoms with Crippen LogP contribution in [0.25, 0.3) is 49.9 Å². The number of hydrogen-bond acceptors (Lipinski definition) is 1. The van der Waals surface area contributed by atoms with E-state index in [1.807, 2.05) is 0 Å². The topological polar surface area (TPSA) is 17.3 Å². The smallest absolute Gasteiger partial charge is 0.0712 e. The van der Waals surface area contributed by atoms with Gasteiger partial charge >= 0.3 is 0 Å². The van der Waals surface area contributed by atoms with Gasteiger partial charge in [-0.05, 0) is 115 Å². The maximum absolute atomic E-state index is 5.51. The maximum Gasteiger partial charge on any atom is 0.0712 e. The Morgan fingerprint density at radius 1 is 0.648 bits per heavy atom. The minimum Gasteiger partial charge on any atom is -0.309 e. The van der Waals surface area contributed by atoms with Gasteiger partial charge in [0.2, 0.25) is 0 Å². The molecule has 0 saturated carbocycles. The van der Waals surface area contributed by atoms with Gasteiger partial charge in [0, 0.05) is 27.6 Å². The number of fused-ring (bicyclic) bond motifs is 3. The van der Waals surface area contributed by atoms with Gasteiger partial charge in [0.1, 0.15) is 0 Å². The fraction of sp³-hybridized carbons (Fsp3) is 0.135. The van der Waals surface area contributed by atoms with E-state index in [9.17, 15) is 0 Å². The fourth-order valence-electron chi connectivity index (χ4n) is 7.70. The van der Waals surface area contributed by atoms with E-state index < -0.39 is 0 Å². The molecule has 1 heterocycles. The zero-order chi connectivity index (χ0) is 37.0. The summed E-state index contributed by atoms with van der Waals surface area (Å²) in [6.07, 6.45) is 10.0.